The molecular formula is C23H14Cl2F3N3O3S. The van der Waals surface area contributed by atoms with Gasteiger partial charge in [0.1, 0.15) is 11.5 Å². The lowest BCUT2D eigenvalue weighted by Gasteiger charge is -2.09. The number of aromatic nitrogens is 2. The number of sulfonamides is 1. The van der Waals surface area contributed by atoms with Crippen molar-refractivity contribution in [2.24, 2.45) is 0 Å². The van der Waals surface area contributed by atoms with E-state index in [0.717, 1.165) is 12.1 Å². The molecule has 0 radical (unpaired) electrons. The Kier molecular flexibility index (Phi) is 6.63. The van der Waals surface area contributed by atoms with Gasteiger partial charge in [0, 0.05) is 22.5 Å². The number of imidazole rings is 1. The zero-order valence-electron chi connectivity index (χ0n) is 17.4. The minimum atomic E-state index is -4.63. The molecule has 0 atom stereocenters. The highest BCUT2D eigenvalue weighted by Crippen LogP contribution is 2.31. The van der Waals surface area contributed by atoms with Crippen LogP contribution < -0.4 is 4.72 Å². The normalized spacial score (nSPS) is 11.9. The molecule has 12 heteroatoms. The van der Waals surface area contributed by atoms with E-state index in [1.165, 1.54) is 10.8 Å². The molecule has 0 saturated carbocycles. The number of carbonyl (C=O) groups excluding carboxylic acids is 1. The van der Waals surface area contributed by atoms with Gasteiger partial charge in [0.05, 0.1) is 15.5 Å². The van der Waals surface area contributed by atoms with Crippen molar-refractivity contribution in [2.75, 3.05) is 0 Å². The molecule has 1 aromatic heterocycles. The minimum absolute atomic E-state index is 0.259. The van der Waals surface area contributed by atoms with Gasteiger partial charge in [0.25, 0.3) is 15.9 Å². The van der Waals surface area contributed by atoms with E-state index in [0.29, 0.717) is 33.4 Å². The maximum Gasteiger partial charge on any atom is 0.416 e. The molecule has 0 unspecified atom stereocenters. The third-order valence-corrected chi connectivity index (χ3v) is 6.81. The highest BCUT2D eigenvalue weighted by Gasteiger charge is 2.31. The number of hydrogen-bond donors (Lipinski definition) is 1. The van der Waals surface area contributed by atoms with Crippen molar-refractivity contribution >= 4 is 39.1 Å². The van der Waals surface area contributed by atoms with Gasteiger partial charge in [0.2, 0.25) is 0 Å². The van der Waals surface area contributed by atoms with Crippen LogP contribution in [0.1, 0.15) is 16.1 Å². The summed E-state index contributed by atoms with van der Waals surface area (Å²) in [5.74, 6) is -0.819. The highest BCUT2D eigenvalue weighted by atomic mass is 35.5. The van der Waals surface area contributed by atoms with Gasteiger partial charge >= 0.3 is 6.18 Å². The first-order valence-corrected chi connectivity index (χ1v) is 12.0. The fourth-order valence-corrected chi connectivity index (χ4v) is 4.48. The highest BCUT2D eigenvalue weighted by molar-refractivity contribution is 7.90. The Labute approximate surface area is 208 Å². The summed E-state index contributed by atoms with van der Waals surface area (Å²) in [6, 6.07) is 16.1. The quantitative estimate of drug-likeness (QED) is 0.338. The van der Waals surface area contributed by atoms with Crippen LogP contribution >= 0.6 is 23.2 Å². The van der Waals surface area contributed by atoms with Crippen LogP contribution in [0.15, 0.2) is 83.9 Å². The van der Waals surface area contributed by atoms with Crippen molar-refractivity contribution in [3.63, 3.8) is 0 Å². The van der Waals surface area contributed by atoms with E-state index in [-0.39, 0.29) is 11.5 Å². The van der Waals surface area contributed by atoms with Crippen molar-refractivity contribution in [1.82, 2.24) is 14.3 Å². The van der Waals surface area contributed by atoms with E-state index in [4.69, 9.17) is 23.2 Å². The first-order chi connectivity index (χ1) is 16.5. The van der Waals surface area contributed by atoms with Gasteiger partial charge in [-0.2, -0.15) is 13.2 Å². The summed E-state index contributed by atoms with van der Waals surface area (Å²) in [4.78, 5) is 16.6. The Hall–Kier alpha value is -3.34. The van der Waals surface area contributed by atoms with Gasteiger partial charge in [-0.1, -0.05) is 35.3 Å². The second kappa shape index (κ2) is 9.37. The minimum Gasteiger partial charge on any atom is -0.299 e. The maximum absolute atomic E-state index is 12.8. The molecule has 4 aromatic rings. The lowest BCUT2D eigenvalue weighted by molar-refractivity contribution is -0.137. The van der Waals surface area contributed by atoms with E-state index >= 15 is 0 Å². The van der Waals surface area contributed by atoms with Crippen molar-refractivity contribution in [1.29, 1.82) is 0 Å². The molecule has 35 heavy (non-hydrogen) atoms. The van der Waals surface area contributed by atoms with E-state index in [2.05, 4.69) is 4.98 Å². The fraction of sp³-hybridized carbons (Fsp3) is 0.0435. The number of alkyl halides is 3. The van der Waals surface area contributed by atoms with Crippen LogP contribution in [0.5, 0.6) is 0 Å². The third kappa shape index (κ3) is 5.34. The maximum atomic E-state index is 12.8. The predicted molar refractivity (Wildman–Crippen MR) is 125 cm³/mol. The van der Waals surface area contributed by atoms with Crippen LogP contribution in [0.25, 0.3) is 17.1 Å². The number of nitrogens with zero attached hydrogens (tertiary/aromatic N) is 2. The molecular weight excluding hydrogens is 526 g/mol. The molecule has 0 spiro atoms. The van der Waals surface area contributed by atoms with Gasteiger partial charge in [-0.3, -0.25) is 9.36 Å². The van der Waals surface area contributed by atoms with Crippen LogP contribution in [0.3, 0.4) is 0 Å². The third-order valence-electron chi connectivity index (χ3n) is 4.88. The molecule has 6 nitrogen and oxygen atoms in total. The zero-order chi connectivity index (χ0) is 25.4. The SMILES string of the molecule is O=C(NS(=O)(=O)c1ccc(C(F)(F)F)cc1)c1cn(-c2ccc(Cl)cc2)c(-c2ccccc2Cl)n1. The second-order valence-corrected chi connectivity index (χ2v) is 9.76. The van der Waals surface area contributed by atoms with Gasteiger partial charge in [-0.15, -0.1) is 0 Å². The standard InChI is InChI=1S/C23H14Cl2F3N3O3S/c24-15-7-9-16(10-8-15)31-13-20(29-21(31)18-3-1-2-4-19(18)25)22(32)30-35(33,34)17-11-5-14(6-12-17)23(26,27)28/h1-13H,(H,30,32). The lowest BCUT2D eigenvalue weighted by atomic mass is 10.2. The molecule has 4 rings (SSSR count). The fourth-order valence-electron chi connectivity index (χ4n) is 3.18. The summed E-state index contributed by atoms with van der Waals surface area (Å²) in [6.07, 6.45) is -3.31. The second-order valence-electron chi connectivity index (χ2n) is 7.23. The topological polar surface area (TPSA) is 81.1 Å². The molecule has 1 N–H and O–H groups in total. The summed E-state index contributed by atoms with van der Waals surface area (Å²) in [6.45, 7) is 0. The van der Waals surface area contributed by atoms with E-state index in [1.54, 1.807) is 48.5 Å². The van der Waals surface area contributed by atoms with Crippen LogP contribution in [0, 0.1) is 0 Å². The van der Waals surface area contributed by atoms with Crippen LogP contribution in [0.2, 0.25) is 10.0 Å². The summed E-state index contributed by atoms with van der Waals surface area (Å²) in [5, 5.41) is 0.825. The number of carbonyl (C=O) groups is 1. The first kappa shape index (κ1) is 24.8. The number of rotatable bonds is 5. The predicted octanol–water partition coefficient (Wildman–Crippen LogP) is 5.98. The van der Waals surface area contributed by atoms with Gasteiger partial charge in [-0.05, 0) is 60.7 Å². The monoisotopic (exact) mass is 539 g/mol. The molecule has 0 aliphatic rings. The molecule has 1 heterocycles. The molecule has 1 amide bonds. The Balaban J connectivity index is 1.70. The molecule has 180 valence electrons. The molecule has 0 fully saturated rings. The largest absolute Gasteiger partial charge is 0.416 e. The van der Waals surface area contributed by atoms with Crippen molar-refractivity contribution in [3.05, 3.63) is 100 Å². The number of amides is 1. The Morgan fingerprint density at radius 2 is 1.54 bits per heavy atom. The van der Waals surface area contributed by atoms with Crippen LogP contribution in [-0.4, -0.2) is 23.9 Å². The molecule has 0 saturated heterocycles. The van der Waals surface area contributed by atoms with E-state index in [9.17, 15) is 26.4 Å². The van der Waals surface area contributed by atoms with Gasteiger partial charge < -0.3 is 0 Å². The molecule has 0 bridgehead atoms. The summed E-state index contributed by atoms with van der Waals surface area (Å²) >= 11 is 12.3. The summed E-state index contributed by atoms with van der Waals surface area (Å²) in [5.41, 5.74) is -0.227. The molecule has 0 aliphatic carbocycles. The number of hydrogen-bond acceptors (Lipinski definition) is 4. The van der Waals surface area contributed by atoms with E-state index in [1.807, 2.05) is 4.72 Å². The van der Waals surface area contributed by atoms with E-state index < -0.39 is 32.6 Å². The lowest BCUT2D eigenvalue weighted by Crippen LogP contribution is -2.30. The summed E-state index contributed by atoms with van der Waals surface area (Å²) in [7, 11) is -4.48. The molecule has 0 aliphatic heterocycles. The summed E-state index contributed by atoms with van der Waals surface area (Å²) < 4.78 is 66.9. The average Bonchev–Trinajstić information content (AvgIpc) is 3.24. The first-order valence-electron chi connectivity index (χ1n) is 9.80. The van der Waals surface area contributed by atoms with Crippen LogP contribution in [-0.2, 0) is 16.2 Å². The van der Waals surface area contributed by atoms with Crippen molar-refractivity contribution in [2.45, 2.75) is 11.1 Å². The number of halogens is 5. The Bertz CT molecular complexity index is 1500. The average molecular weight is 540 g/mol. The Morgan fingerprint density at radius 1 is 0.914 bits per heavy atom. The Morgan fingerprint density at radius 3 is 2.14 bits per heavy atom. The number of nitrogens with one attached hydrogen (secondary N) is 1. The van der Waals surface area contributed by atoms with Gasteiger partial charge in [0.15, 0.2) is 0 Å². The van der Waals surface area contributed by atoms with Crippen molar-refractivity contribution in [3.8, 4) is 17.1 Å². The zero-order valence-corrected chi connectivity index (χ0v) is 19.8. The molecule has 3 aromatic carbocycles. The van der Waals surface area contributed by atoms with Crippen LogP contribution in [0.4, 0.5) is 13.2 Å². The van der Waals surface area contributed by atoms with Crippen molar-refractivity contribution < 1.29 is 26.4 Å². The smallest absolute Gasteiger partial charge is 0.299 e. The van der Waals surface area contributed by atoms with Gasteiger partial charge in [-0.25, -0.2) is 18.1 Å². The number of benzene rings is 3.